The number of ether oxygens (including phenoxy) is 1. The maximum absolute atomic E-state index is 12.3. The number of hydrogen-bond donors (Lipinski definition) is 0. The van der Waals surface area contributed by atoms with Crippen LogP contribution >= 0.6 is 23.5 Å². The number of carbonyl (C=O) groups is 1. The van der Waals surface area contributed by atoms with Gasteiger partial charge in [-0.2, -0.15) is 0 Å². The first kappa shape index (κ1) is 14.5. The van der Waals surface area contributed by atoms with Crippen LogP contribution in [0.5, 0.6) is 0 Å². The summed E-state index contributed by atoms with van der Waals surface area (Å²) >= 11 is 3.36. The second-order valence-corrected chi connectivity index (χ2v) is 7.05. The minimum absolute atomic E-state index is 0.0881. The first-order chi connectivity index (χ1) is 10.3. The van der Waals surface area contributed by atoms with Gasteiger partial charge in [0.15, 0.2) is 0 Å². The normalized spacial score (nSPS) is 20.6. The molecule has 1 aliphatic rings. The minimum atomic E-state index is -0.202. The van der Waals surface area contributed by atoms with E-state index in [1.165, 1.54) is 10.5 Å². The Morgan fingerprint density at radius 1 is 1.00 bits per heavy atom. The lowest BCUT2D eigenvalue weighted by atomic mass is 10.1. The van der Waals surface area contributed by atoms with E-state index in [1.54, 1.807) is 23.5 Å². The van der Waals surface area contributed by atoms with Crippen molar-refractivity contribution in [2.24, 2.45) is 0 Å². The van der Waals surface area contributed by atoms with Crippen LogP contribution in [0.1, 0.15) is 17.7 Å². The van der Waals surface area contributed by atoms with Crippen molar-refractivity contribution in [2.45, 2.75) is 27.2 Å². The Morgan fingerprint density at radius 3 is 2.29 bits per heavy atom. The molecule has 0 fully saturated rings. The Hall–Kier alpha value is -1.39. The van der Waals surface area contributed by atoms with Crippen molar-refractivity contribution in [3.05, 3.63) is 60.2 Å². The lowest BCUT2D eigenvalue weighted by molar-refractivity contribution is -0.142. The fourth-order valence-electron chi connectivity index (χ4n) is 2.32. The predicted molar refractivity (Wildman–Crippen MR) is 87.8 cm³/mol. The SMILES string of the molecule is CCOC(=O)[C@@H]1Sc2ccccc2S[C@H]1c1ccccc1. The molecule has 2 aromatic carbocycles. The maximum atomic E-state index is 12.3. The van der Waals surface area contributed by atoms with Gasteiger partial charge in [0.05, 0.1) is 11.9 Å². The molecule has 0 unspecified atom stereocenters. The zero-order chi connectivity index (χ0) is 14.7. The van der Waals surface area contributed by atoms with Gasteiger partial charge < -0.3 is 4.74 Å². The summed E-state index contributed by atoms with van der Waals surface area (Å²) in [5.74, 6) is -0.127. The highest BCUT2D eigenvalue weighted by molar-refractivity contribution is 8.06. The van der Waals surface area contributed by atoms with E-state index in [2.05, 4.69) is 24.3 Å². The topological polar surface area (TPSA) is 26.3 Å². The number of carbonyl (C=O) groups excluding carboxylic acids is 1. The van der Waals surface area contributed by atoms with Gasteiger partial charge in [-0.1, -0.05) is 42.5 Å². The van der Waals surface area contributed by atoms with Crippen molar-refractivity contribution in [2.75, 3.05) is 6.61 Å². The van der Waals surface area contributed by atoms with Crippen molar-refractivity contribution in [3.8, 4) is 0 Å². The van der Waals surface area contributed by atoms with E-state index in [0.29, 0.717) is 6.61 Å². The van der Waals surface area contributed by atoms with Gasteiger partial charge in [0, 0.05) is 9.79 Å². The van der Waals surface area contributed by atoms with Gasteiger partial charge in [0.25, 0.3) is 0 Å². The third-order valence-corrected chi connectivity index (χ3v) is 6.32. The molecule has 1 aliphatic heterocycles. The molecule has 21 heavy (non-hydrogen) atoms. The summed E-state index contributed by atoms with van der Waals surface area (Å²) in [5, 5.41) is -0.114. The van der Waals surface area contributed by atoms with Crippen LogP contribution in [0.25, 0.3) is 0 Å². The van der Waals surface area contributed by atoms with Gasteiger partial charge in [-0.15, -0.1) is 23.5 Å². The van der Waals surface area contributed by atoms with E-state index in [-0.39, 0.29) is 16.5 Å². The molecule has 2 nitrogen and oxygen atoms in total. The highest BCUT2D eigenvalue weighted by Crippen LogP contribution is 2.52. The lowest BCUT2D eigenvalue weighted by Crippen LogP contribution is -2.27. The predicted octanol–water partition coefficient (Wildman–Crippen LogP) is 4.56. The minimum Gasteiger partial charge on any atom is -0.465 e. The zero-order valence-electron chi connectivity index (χ0n) is 11.7. The Labute approximate surface area is 133 Å². The van der Waals surface area contributed by atoms with E-state index in [4.69, 9.17) is 4.74 Å². The van der Waals surface area contributed by atoms with Crippen molar-refractivity contribution >= 4 is 29.5 Å². The van der Waals surface area contributed by atoms with Crippen LogP contribution in [0.2, 0.25) is 0 Å². The van der Waals surface area contributed by atoms with Crippen molar-refractivity contribution < 1.29 is 9.53 Å². The molecule has 2 atom stereocenters. The number of rotatable bonds is 3. The van der Waals surface area contributed by atoms with Crippen molar-refractivity contribution in [1.29, 1.82) is 0 Å². The van der Waals surface area contributed by atoms with E-state index < -0.39 is 0 Å². The average Bonchev–Trinajstić information content (AvgIpc) is 2.54. The number of thioether (sulfide) groups is 2. The second-order valence-electron chi connectivity index (χ2n) is 4.69. The van der Waals surface area contributed by atoms with Crippen LogP contribution in [0.15, 0.2) is 64.4 Å². The lowest BCUT2D eigenvalue weighted by Gasteiger charge is -2.30. The van der Waals surface area contributed by atoms with Gasteiger partial charge in [-0.25, -0.2) is 0 Å². The summed E-state index contributed by atoms with van der Waals surface area (Å²) in [4.78, 5) is 14.7. The summed E-state index contributed by atoms with van der Waals surface area (Å²) in [6.45, 7) is 2.27. The third kappa shape index (κ3) is 3.11. The highest BCUT2D eigenvalue weighted by atomic mass is 32.2. The molecular formula is C17H16O2S2. The Balaban J connectivity index is 1.96. The van der Waals surface area contributed by atoms with Gasteiger partial charge in [-0.3, -0.25) is 4.79 Å². The van der Waals surface area contributed by atoms with Gasteiger partial charge >= 0.3 is 5.97 Å². The van der Waals surface area contributed by atoms with Gasteiger partial charge in [0.2, 0.25) is 0 Å². The fourth-order valence-corrected chi connectivity index (χ4v) is 5.15. The van der Waals surface area contributed by atoms with Gasteiger partial charge in [-0.05, 0) is 24.6 Å². The number of benzene rings is 2. The molecule has 0 aromatic heterocycles. The summed E-state index contributed by atoms with van der Waals surface area (Å²) in [5.41, 5.74) is 1.17. The fraction of sp³-hybridized carbons (Fsp3) is 0.235. The molecule has 2 aromatic rings. The first-order valence-corrected chi connectivity index (χ1v) is 8.69. The molecule has 0 N–H and O–H groups in total. The summed E-state index contributed by atoms with van der Waals surface area (Å²) in [6.07, 6.45) is 0. The average molecular weight is 316 g/mol. The third-order valence-electron chi connectivity index (χ3n) is 3.28. The molecule has 108 valence electrons. The summed E-state index contributed by atoms with van der Waals surface area (Å²) in [6, 6.07) is 18.4. The van der Waals surface area contributed by atoms with Crippen LogP contribution in [-0.4, -0.2) is 17.8 Å². The molecule has 3 rings (SSSR count). The number of hydrogen-bond acceptors (Lipinski definition) is 4. The summed E-state index contributed by atoms with van der Waals surface area (Å²) in [7, 11) is 0. The first-order valence-electron chi connectivity index (χ1n) is 6.93. The molecule has 4 heteroatoms. The van der Waals surface area contributed by atoms with Crippen molar-refractivity contribution in [1.82, 2.24) is 0 Å². The molecule has 0 spiro atoms. The number of esters is 1. The van der Waals surface area contributed by atoms with Crippen LogP contribution in [0.4, 0.5) is 0 Å². The van der Waals surface area contributed by atoms with E-state index in [9.17, 15) is 4.79 Å². The molecule has 0 amide bonds. The van der Waals surface area contributed by atoms with Crippen molar-refractivity contribution in [3.63, 3.8) is 0 Å². The van der Waals surface area contributed by atoms with Crippen LogP contribution < -0.4 is 0 Å². The standard InChI is InChI=1S/C17H16O2S2/c1-2-19-17(18)16-15(12-8-4-3-5-9-12)20-13-10-6-7-11-14(13)21-16/h3-11,15-16H,2H2,1H3/t15-,16+/m0/s1. The van der Waals surface area contributed by atoms with E-state index in [1.807, 2.05) is 37.3 Å². The largest absolute Gasteiger partial charge is 0.465 e. The van der Waals surface area contributed by atoms with E-state index in [0.717, 1.165) is 4.90 Å². The molecule has 0 saturated heterocycles. The van der Waals surface area contributed by atoms with Crippen LogP contribution in [-0.2, 0) is 9.53 Å². The maximum Gasteiger partial charge on any atom is 0.320 e. The Morgan fingerprint density at radius 2 is 1.62 bits per heavy atom. The van der Waals surface area contributed by atoms with E-state index >= 15 is 0 Å². The Kier molecular flexibility index (Phi) is 4.56. The molecule has 0 saturated carbocycles. The monoisotopic (exact) mass is 316 g/mol. The highest BCUT2D eigenvalue weighted by Gasteiger charge is 2.37. The van der Waals surface area contributed by atoms with Crippen LogP contribution in [0, 0.1) is 0 Å². The smallest absolute Gasteiger partial charge is 0.320 e. The zero-order valence-corrected chi connectivity index (χ0v) is 13.3. The molecule has 1 heterocycles. The molecule has 0 aliphatic carbocycles. The van der Waals surface area contributed by atoms with Gasteiger partial charge in [0.1, 0.15) is 5.25 Å². The van der Waals surface area contributed by atoms with Crippen LogP contribution in [0.3, 0.4) is 0 Å². The Bertz CT molecular complexity index is 628. The number of fused-ring (bicyclic) bond motifs is 1. The quantitative estimate of drug-likeness (QED) is 0.776. The molecule has 0 radical (unpaired) electrons. The second kappa shape index (κ2) is 6.58. The molecular weight excluding hydrogens is 300 g/mol. The molecule has 0 bridgehead atoms. The summed E-state index contributed by atoms with van der Waals surface area (Å²) < 4.78 is 5.28.